The molecule has 0 radical (unpaired) electrons. The van der Waals surface area contributed by atoms with Crippen molar-refractivity contribution in [2.75, 3.05) is 24.5 Å². The molecule has 0 aromatic heterocycles. The van der Waals surface area contributed by atoms with E-state index in [2.05, 4.69) is 72.0 Å². The first-order valence-corrected chi connectivity index (χ1v) is 8.61. The first kappa shape index (κ1) is 17.5. The van der Waals surface area contributed by atoms with Crippen molar-refractivity contribution in [1.29, 1.82) is 0 Å². The highest BCUT2D eigenvalue weighted by atomic mass is 79.9. The summed E-state index contributed by atoms with van der Waals surface area (Å²) in [5.74, 6) is 0.688. The summed E-state index contributed by atoms with van der Waals surface area (Å²) in [6.07, 6.45) is 2.50. The van der Waals surface area contributed by atoms with Gasteiger partial charge in [0.05, 0.1) is 0 Å². The van der Waals surface area contributed by atoms with Gasteiger partial charge in [0, 0.05) is 29.8 Å². The number of benzene rings is 1. The fourth-order valence-corrected chi connectivity index (χ4v) is 2.71. The SMILES string of the molecule is CCCCN(CC)c1ccc(Br)cc1CNCC(C)C. The number of unbranched alkanes of at least 4 members (excludes halogenated alkanes) is 1. The Morgan fingerprint density at radius 3 is 2.60 bits per heavy atom. The third kappa shape index (κ3) is 5.84. The van der Waals surface area contributed by atoms with Gasteiger partial charge < -0.3 is 10.2 Å². The van der Waals surface area contributed by atoms with E-state index < -0.39 is 0 Å². The topological polar surface area (TPSA) is 15.3 Å². The lowest BCUT2D eigenvalue weighted by Gasteiger charge is -2.26. The maximum atomic E-state index is 3.59. The van der Waals surface area contributed by atoms with Gasteiger partial charge >= 0.3 is 0 Å². The molecule has 0 spiro atoms. The minimum absolute atomic E-state index is 0.688. The first-order valence-electron chi connectivity index (χ1n) is 7.82. The predicted octanol–water partition coefficient (Wildman–Crippen LogP) is 4.82. The Morgan fingerprint density at radius 2 is 2.00 bits per heavy atom. The molecule has 0 saturated carbocycles. The molecule has 0 heterocycles. The van der Waals surface area contributed by atoms with Crippen LogP contribution in [0.25, 0.3) is 0 Å². The van der Waals surface area contributed by atoms with E-state index in [1.807, 2.05) is 0 Å². The fourth-order valence-electron chi connectivity index (χ4n) is 2.30. The number of rotatable bonds is 9. The van der Waals surface area contributed by atoms with Gasteiger partial charge in [0.2, 0.25) is 0 Å². The Balaban J connectivity index is 2.81. The third-order valence-corrected chi connectivity index (χ3v) is 3.91. The summed E-state index contributed by atoms with van der Waals surface area (Å²) in [6, 6.07) is 6.64. The maximum Gasteiger partial charge on any atom is 0.0412 e. The summed E-state index contributed by atoms with van der Waals surface area (Å²) in [4.78, 5) is 2.49. The highest BCUT2D eigenvalue weighted by molar-refractivity contribution is 9.10. The number of nitrogens with zero attached hydrogens (tertiary/aromatic N) is 1. The van der Waals surface area contributed by atoms with Crippen LogP contribution in [0.15, 0.2) is 22.7 Å². The fraction of sp³-hybridized carbons (Fsp3) is 0.647. The summed E-state index contributed by atoms with van der Waals surface area (Å²) in [6.45, 7) is 13.2. The number of halogens is 1. The molecule has 0 fully saturated rings. The lowest BCUT2D eigenvalue weighted by molar-refractivity contribution is 0.551. The van der Waals surface area contributed by atoms with Crippen molar-refractivity contribution in [2.24, 2.45) is 5.92 Å². The summed E-state index contributed by atoms with van der Waals surface area (Å²) in [5.41, 5.74) is 2.76. The van der Waals surface area contributed by atoms with Gasteiger partial charge in [-0.2, -0.15) is 0 Å². The summed E-state index contributed by atoms with van der Waals surface area (Å²) in [5, 5.41) is 3.56. The van der Waals surface area contributed by atoms with Crippen LogP contribution in [0.4, 0.5) is 5.69 Å². The second kappa shape index (κ2) is 9.41. The highest BCUT2D eigenvalue weighted by Crippen LogP contribution is 2.25. The molecule has 0 aliphatic heterocycles. The minimum atomic E-state index is 0.688. The molecular formula is C17H29BrN2. The van der Waals surface area contributed by atoms with Crippen molar-refractivity contribution in [2.45, 2.75) is 47.1 Å². The highest BCUT2D eigenvalue weighted by Gasteiger charge is 2.10. The number of hydrogen-bond acceptors (Lipinski definition) is 2. The molecule has 2 nitrogen and oxygen atoms in total. The molecule has 1 N–H and O–H groups in total. The number of hydrogen-bond donors (Lipinski definition) is 1. The van der Waals surface area contributed by atoms with Crippen LogP contribution in [-0.4, -0.2) is 19.6 Å². The van der Waals surface area contributed by atoms with Crippen molar-refractivity contribution < 1.29 is 0 Å². The van der Waals surface area contributed by atoms with Crippen molar-refractivity contribution >= 4 is 21.6 Å². The first-order chi connectivity index (χ1) is 9.58. The zero-order valence-corrected chi connectivity index (χ0v) is 15.0. The average Bonchev–Trinajstić information content (AvgIpc) is 2.41. The molecule has 1 aromatic rings. The van der Waals surface area contributed by atoms with E-state index in [4.69, 9.17) is 0 Å². The lowest BCUT2D eigenvalue weighted by atomic mass is 10.1. The molecule has 114 valence electrons. The zero-order chi connectivity index (χ0) is 15.0. The van der Waals surface area contributed by atoms with Gasteiger partial charge in [-0.15, -0.1) is 0 Å². The van der Waals surface area contributed by atoms with Gasteiger partial charge in [0.1, 0.15) is 0 Å². The average molecular weight is 341 g/mol. The normalized spacial score (nSPS) is 11.1. The van der Waals surface area contributed by atoms with E-state index in [1.165, 1.54) is 24.1 Å². The maximum absolute atomic E-state index is 3.59. The monoisotopic (exact) mass is 340 g/mol. The van der Waals surface area contributed by atoms with E-state index in [0.29, 0.717) is 5.92 Å². The Hall–Kier alpha value is -0.540. The number of nitrogens with one attached hydrogen (secondary N) is 1. The van der Waals surface area contributed by atoms with Gasteiger partial charge in [-0.1, -0.05) is 43.1 Å². The second-order valence-corrected chi connectivity index (χ2v) is 6.65. The van der Waals surface area contributed by atoms with Crippen LogP contribution >= 0.6 is 15.9 Å². The van der Waals surface area contributed by atoms with Crippen molar-refractivity contribution in [1.82, 2.24) is 5.32 Å². The van der Waals surface area contributed by atoms with Crippen LogP contribution in [0.5, 0.6) is 0 Å². The van der Waals surface area contributed by atoms with Gasteiger partial charge in [0.15, 0.2) is 0 Å². The molecule has 1 rings (SSSR count). The van der Waals surface area contributed by atoms with Gasteiger partial charge in [-0.25, -0.2) is 0 Å². The van der Waals surface area contributed by atoms with Crippen LogP contribution < -0.4 is 10.2 Å². The van der Waals surface area contributed by atoms with Crippen LogP contribution in [-0.2, 0) is 6.54 Å². The molecule has 3 heteroatoms. The molecular weight excluding hydrogens is 312 g/mol. The Bertz CT molecular complexity index is 391. The molecule has 1 aromatic carbocycles. The molecule has 0 bridgehead atoms. The van der Waals surface area contributed by atoms with Crippen molar-refractivity contribution in [3.63, 3.8) is 0 Å². The lowest BCUT2D eigenvalue weighted by Crippen LogP contribution is -2.27. The standard InChI is InChI=1S/C17H29BrN2/c1-5-7-10-20(6-2)17-9-8-16(18)11-15(17)13-19-12-14(3)4/h8-9,11,14,19H,5-7,10,12-13H2,1-4H3. The van der Waals surface area contributed by atoms with Crippen LogP contribution in [0, 0.1) is 5.92 Å². The van der Waals surface area contributed by atoms with Crippen LogP contribution in [0.1, 0.15) is 46.1 Å². The Morgan fingerprint density at radius 1 is 1.25 bits per heavy atom. The molecule has 0 saturated heterocycles. The largest absolute Gasteiger partial charge is 0.372 e. The minimum Gasteiger partial charge on any atom is -0.372 e. The molecule has 20 heavy (non-hydrogen) atoms. The summed E-state index contributed by atoms with van der Waals surface area (Å²) >= 11 is 3.59. The Kier molecular flexibility index (Phi) is 8.24. The van der Waals surface area contributed by atoms with E-state index in [9.17, 15) is 0 Å². The number of anilines is 1. The van der Waals surface area contributed by atoms with E-state index in [0.717, 1.165) is 30.7 Å². The quantitative estimate of drug-likeness (QED) is 0.693. The van der Waals surface area contributed by atoms with Crippen molar-refractivity contribution in [3.05, 3.63) is 28.2 Å². The molecule has 0 atom stereocenters. The molecule has 0 unspecified atom stereocenters. The van der Waals surface area contributed by atoms with E-state index in [1.54, 1.807) is 0 Å². The van der Waals surface area contributed by atoms with Gasteiger partial charge in [0.25, 0.3) is 0 Å². The van der Waals surface area contributed by atoms with Gasteiger partial charge in [-0.3, -0.25) is 0 Å². The summed E-state index contributed by atoms with van der Waals surface area (Å²) < 4.78 is 1.16. The van der Waals surface area contributed by atoms with Gasteiger partial charge in [-0.05, 0) is 49.6 Å². The second-order valence-electron chi connectivity index (χ2n) is 5.73. The molecule has 0 amide bonds. The molecule has 0 aliphatic carbocycles. The van der Waals surface area contributed by atoms with E-state index >= 15 is 0 Å². The Labute approximate surface area is 133 Å². The summed E-state index contributed by atoms with van der Waals surface area (Å²) in [7, 11) is 0. The van der Waals surface area contributed by atoms with Crippen molar-refractivity contribution in [3.8, 4) is 0 Å². The molecule has 0 aliphatic rings. The van der Waals surface area contributed by atoms with Crippen LogP contribution in [0.2, 0.25) is 0 Å². The van der Waals surface area contributed by atoms with Crippen LogP contribution in [0.3, 0.4) is 0 Å². The predicted molar refractivity (Wildman–Crippen MR) is 93.5 cm³/mol. The third-order valence-electron chi connectivity index (χ3n) is 3.41. The zero-order valence-electron chi connectivity index (χ0n) is 13.4. The smallest absolute Gasteiger partial charge is 0.0412 e. The van der Waals surface area contributed by atoms with E-state index in [-0.39, 0.29) is 0 Å².